The number of piperidine rings is 1. The van der Waals surface area contributed by atoms with Crippen molar-refractivity contribution in [3.63, 3.8) is 0 Å². The fourth-order valence-electron chi connectivity index (χ4n) is 4.23. The summed E-state index contributed by atoms with van der Waals surface area (Å²) in [5.41, 5.74) is 8.45. The van der Waals surface area contributed by atoms with Crippen LogP contribution in [0.1, 0.15) is 45.4 Å². The van der Waals surface area contributed by atoms with E-state index in [0.29, 0.717) is 12.2 Å². The molecule has 1 aromatic carbocycles. The number of thiophene rings is 1. The van der Waals surface area contributed by atoms with Crippen LogP contribution in [0.4, 0.5) is 0 Å². The maximum atomic E-state index is 11.3. The Balaban J connectivity index is 1.40. The highest BCUT2D eigenvalue weighted by Gasteiger charge is 2.44. The molecule has 7 nitrogen and oxygen atoms in total. The lowest BCUT2D eigenvalue weighted by molar-refractivity contribution is -0.0871. The Morgan fingerprint density at radius 2 is 2.21 bits per heavy atom. The number of carbonyl (C=O) groups is 1. The van der Waals surface area contributed by atoms with Crippen molar-refractivity contribution in [3.05, 3.63) is 62.6 Å². The number of hydrogen-bond acceptors (Lipinski definition) is 6. The summed E-state index contributed by atoms with van der Waals surface area (Å²) >= 11 is 7.93. The summed E-state index contributed by atoms with van der Waals surface area (Å²) in [6.45, 7) is 1.55. The van der Waals surface area contributed by atoms with E-state index in [1.165, 1.54) is 10.4 Å². The van der Waals surface area contributed by atoms with Gasteiger partial charge in [-0.2, -0.15) is 0 Å². The zero-order chi connectivity index (χ0) is 20.0. The first-order valence-electron chi connectivity index (χ1n) is 9.53. The lowest BCUT2D eigenvalue weighted by Gasteiger charge is -2.43. The van der Waals surface area contributed by atoms with Gasteiger partial charge in [0.2, 0.25) is 5.91 Å². The number of nitrogens with two attached hydrogens (primary N) is 1. The molecule has 1 amide bonds. The summed E-state index contributed by atoms with van der Waals surface area (Å²) in [6.07, 6.45) is 4.53. The number of nitrogens with zero attached hydrogens (tertiary/aromatic N) is 3. The van der Waals surface area contributed by atoms with Gasteiger partial charge in [-0.15, -0.1) is 16.4 Å². The number of benzene rings is 1. The highest BCUT2D eigenvalue weighted by atomic mass is 35.5. The van der Waals surface area contributed by atoms with E-state index in [9.17, 15) is 4.79 Å². The molecule has 0 bridgehead atoms. The van der Waals surface area contributed by atoms with E-state index in [4.69, 9.17) is 22.1 Å². The van der Waals surface area contributed by atoms with Crippen LogP contribution in [0.3, 0.4) is 0 Å². The van der Waals surface area contributed by atoms with Crippen molar-refractivity contribution in [1.82, 2.24) is 20.3 Å². The molecule has 3 aromatic rings. The molecule has 1 saturated heterocycles. The van der Waals surface area contributed by atoms with Crippen LogP contribution in [-0.2, 0) is 16.8 Å². The lowest BCUT2D eigenvalue weighted by Crippen LogP contribution is -2.45. The minimum atomic E-state index is -0.451. The van der Waals surface area contributed by atoms with E-state index in [1.807, 2.05) is 6.20 Å². The van der Waals surface area contributed by atoms with Gasteiger partial charge in [-0.1, -0.05) is 16.8 Å². The van der Waals surface area contributed by atoms with Gasteiger partial charge in [-0.05, 0) is 55.3 Å². The maximum absolute atomic E-state index is 11.3. The van der Waals surface area contributed by atoms with Gasteiger partial charge in [0.05, 0.1) is 28.9 Å². The SMILES string of the molecule is NC(=O)c1ccc(-n2cc([C@@H]3C[C@]4(CCN3)OCCc3cc(Cl)sc34)nn2)cc1. The Bertz CT molecular complexity index is 1060. The van der Waals surface area contributed by atoms with Gasteiger partial charge in [-0.25, -0.2) is 4.68 Å². The summed E-state index contributed by atoms with van der Waals surface area (Å²) in [4.78, 5) is 12.5. The average Bonchev–Trinajstić information content (AvgIpc) is 3.36. The average molecular weight is 430 g/mol. The number of carbonyl (C=O) groups excluding carboxylic acids is 1. The number of nitrogens with one attached hydrogen (secondary N) is 1. The molecule has 2 aliphatic heterocycles. The fourth-order valence-corrected chi connectivity index (χ4v) is 5.71. The standard InChI is InChI=1S/C20H20ClN5O2S/c21-17-9-13-5-8-28-20(18(13)29-17)6-7-23-15(10-20)16-11-26(25-24-16)14-3-1-12(2-4-14)19(22)27/h1-4,9,11,15,23H,5-8,10H2,(H2,22,27)/t15-,20-/m0/s1. The molecule has 3 N–H and O–H groups in total. The first-order valence-corrected chi connectivity index (χ1v) is 10.7. The number of amides is 1. The molecule has 150 valence electrons. The maximum Gasteiger partial charge on any atom is 0.248 e. The van der Waals surface area contributed by atoms with E-state index in [-0.39, 0.29) is 11.6 Å². The summed E-state index contributed by atoms with van der Waals surface area (Å²) in [6, 6.07) is 9.09. The third-order valence-corrected chi connectivity index (χ3v) is 7.17. The third-order valence-electron chi connectivity index (χ3n) is 5.68. The van der Waals surface area contributed by atoms with E-state index in [1.54, 1.807) is 40.3 Å². The molecule has 1 fully saturated rings. The van der Waals surface area contributed by atoms with Crippen LogP contribution in [0.15, 0.2) is 36.5 Å². The summed E-state index contributed by atoms with van der Waals surface area (Å²) in [7, 11) is 0. The number of ether oxygens (including phenoxy) is 1. The Morgan fingerprint density at radius 1 is 1.38 bits per heavy atom. The molecule has 0 radical (unpaired) electrons. The second-order valence-electron chi connectivity index (χ2n) is 7.46. The molecule has 0 saturated carbocycles. The van der Waals surface area contributed by atoms with Crippen LogP contribution in [0, 0.1) is 0 Å². The lowest BCUT2D eigenvalue weighted by atomic mass is 9.82. The number of hydrogen-bond donors (Lipinski definition) is 2. The third kappa shape index (κ3) is 3.36. The molecule has 1 spiro atoms. The van der Waals surface area contributed by atoms with Gasteiger partial charge in [0, 0.05) is 16.9 Å². The van der Waals surface area contributed by atoms with Crippen molar-refractivity contribution in [3.8, 4) is 5.69 Å². The van der Waals surface area contributed by atoms with Crippen LogP contribution in [0.2, 0.25) is 4.34 Å². The minimum absolute atomic E-state index is 0.0363. The molecule has 4 heterocycles. The second kappa shape index (κ2) is 7.21. The molecule has 0 aliphatic carbocycles. The van der Waals surface area contributed by atoms with E-state index in [0.717, 1.165) is 41.5 Å². The minimum Gasteiger partial charge on any atom is -0.369 e. The largest absolute Gasteiger partial charge is 0.369 e. The molecule has 2 atom stereocenters. The smallest absolute Gasteiger partial charge is 0.248 e. The van der Waals surface area contributed by atoms with Crippen molar-refractivity contribution in [2.75, 3.05) is 13.2 Å². The molecule has 5 rings (SSSR count). The first-order chi connectivity index (χ1) is 14.0. The number of primary amides is 1. The Hall–Kier alpha value is -2.26. The van der Waals surface area contributed by atoms with Gasteiger partial charge >= 0.3 is 0 Å². The van der Waals surface area contributed by atoms with Crippen LogP contribution in [-0.4, -0.2) is 34.1 Å². The monoisotopic (exact) mass is 429 g/mol. The number of fused-ring (bicyclic) bond motifs is 2. The van der Waals surface area contributed by atoms with Gasteiger partial charge in [0.25, 0.3) is 0 Å². The van der Waals surface area contributed by atoms with E-state index >= 15 is 0 Å². The molecular weight excluding hydrogens is 410 g/mol. The van der Waals surface area contributed by atoms with Crippen LogP contribution >= 0.6 is 22.9 Å². The van der Waals surface area contributed by atoms with E-state index in [2.05, 4.69) is 21.7 Å². The molecule has 29 heavy (non-hydrogen) atoms. The fraction of sp³-hybridized carbons (Fsp3) is 0.350. The van der Waals surface area contributed by atoms with Crippen molar-refractivity contribution in [1.29, 1.82) is 0 Å². The van der Waals surface area contributed by atoms with Crippen molar-refractivity contribution in [2.45, 2.75) is 30.9 Å². The topological polar surface area (TPSA) is 95.1 Å². The van der Waals surface area contributed by atoms with Crippen LogP contribution in [0.25, 0.3) is 5.69 Å². The molecular formula is C20H20ClN5O2S. The molecule has 2 aliphatic rings. The van der Waals surface area contributed by atoms with Crippen LogP contribution in [0.5, 0.6) is 0 Å². The summed E-state index contributed by atoms with van der Waals surface area (Å²) in [5.74, 6) is -0.451. The highest BCUT2D eigenvalue weighted by Crippen LogP contribution is 2.48. The summed E-state index contributed by atoms with van der Waals surface area (Å²) < 4.78 is 8.86. The molecule has 9 heteroatoms. The zero-order valence-corrected chi connectivity index (χ0v) is 17.2. The quantitative estimate of drug-likeness (QED) is 0.667. The van der Waals surface area contributed by atoms with E-state index < -0.39 is 5.91 Å². The molecule has 0 unspecified atom stereocenters. The Labute approximate surface area is 176 Å². The Kier molecular flexibility index (Phi) is 4.66. The predicted octanol–water partition coefficient (Wildman–Crippen LogP) is 2.97. The van der Waals surface area contributed by atoms with Crippen molar-refractivity contribution >= 4 is 28.8 Å². The summed E-state index contributed by atoms with van der Waals surface area (Å²) in [5, 5.41) is 12.2. The first kappa shape index (κ1) is 18.7. The highest BCUT2D eigenvalue weighted by molar-refractivity contribution is 7.16. The van der Waals surface area contributed by atoms with Gasteiger partial charge in [-0.3, -0.25) is 4.79 Å². The second-order valence-corrected chi connectivity index (χ2v) is 9.14. The van der Waals surface area contributed by atoms with Gasteiger partial charge < -0.3 is 15.8 Å². The van der Waals surface area contributed by atoms with Gasteiger partial charge in [0.1, 0.15) is 11.3 Å². The van der Waals surface area contributed by atoms with Crippen molar-refractivity contribution in [2.24, 2.45) is 5.73 Å². The number of aromatic nitrogens is 3. The number of rotatable bonds is 3. The van der Waals surface area contributed by atoms with Crippen LogP contribution < -0.4 is 11.1 Å². The Morgan fingerprint density at radius 3 is 3.00 bits per heavy atom. The predicted molar refractivity (Wildman–Crippen MR) is 111 cm³/mol. The normalized spacial score (nSPS) is 23.8. The molecule has 2 aromatic heterocycles. The number of halogens is 1. The van der Waals surface area contributed by atoms with Crippen molar-refractivity contribution < 1.29 is 9.53 Å². The zero-order valence-electron chi connectivity index (χ0n) is 15.6. The van der Waals surface area contributed by atoms with Gasteiger partial charge in [0.15, 0.2) is 0 Å².